The van der Waals surface area contributed by atoms with Crippen molar-refractivity contribution in [2.75, 3.05) is 11.9 Å². The van der Waals surface area contributed by atoms with Crippen LogP contribution in [0.4, 0.5) is 5.82 Å². The molecule has 0 saturated heterocycles. The third-order valence-electron chi connectivity index (χ3n) is 5.87. The second-order valence-corrected chi connectivity index (χ2v) is 8.37. The number of aromatic nitrogens is 3. The lowest BCUT2D eigenvalue weighted by molar-refractivity contribution is -0.137. The number of hydrogen-bond acceptors (Lipinski definition) is 6. The maximum atomic E-state index is 12.6. The molecule has 2 aromatic heterocycles. The number of fused-ring (bicyclic) bond motifs is 2. The maximum absolute atomic E-state index is 12.6. The van der Waals surface area contributed by atoms with Crippen LogP contribution in [-0.4, -0.2) is 38.4 Å². The molecule has 0 spiro atoms. The molecule has 7 nitrogen and oxygen atoms in total. The fourth-order valence-corrected chi connectivity index (χ4v) is 4.17. The number of para-hydroxylation sites is 2. The normalized spacial score (nSPS) is 13.2. The van der Waals surface area contributed by atoms with Gasteiger partial charge in [-0.1, -0.05) is 32.0 Å². The average Bonchev–Trinajstić information content (AvgIpc) is 2.87. The molecule has 1 aromatic carbocycles. The summed E-state index contributed by atoms with van der Waals surface area (Å²) < 4.78 is 0. The lowest BCUT2D eigenvalue weighted by Crippen LogP contribution is -2.14. The fraction of sp³-hybridized carbons (Fsp3) is 0.444. The quantitative estimate of drug-likeness (QED) is 0.392. The Kier molecular flexibility index (Phi) is 9.50. The maximum Gasteiger partial charge on any atom is 0.304 e. The monoisotopic (exact) mass is 462 g/mol. The van der Waals surface area contributed by atoms with E-state index in [1.165, 1.54) is 5.56 Å². The van der Waals surface area contributed by atoms with Crippen LogP contribution in [-0.2, 0) is 22.4 Å². The second kappa shape index (κ2) is 12.8. The molecule has 34 heavy (non-hydrogen) atoms. The molecule has 4 rings (SSSR count). The number of carboxylic acids is 1. The van der Waals surface area contributed by atoms with E-state index in [2.05, 4.69) is 27.4 Å². The number of pyridine rings is 1. The van der Waals surface area contributed by atoms with E-state index in [0.717, 1.165) is 55.7 Å². The van der Waals surface area contributed by atoms with Crippen LogP contribution in [0.3, 0.4) is 0 Å². The van der Waals surface area contributed by atoms with Crippen LogP contribution in [0.25, 0.3) is 11.0 Å². The van der Waals surface area contributed by atoms with Crippen molar-refractivity contribution in [1.82, 2.24) is 15.0 Å². The molecule has 1 unspecified atom stereocenters. The first-order valence-electron chi connectivity index (χ1n) is 12.3. The molecular weight excluding hydrogens is 428 g/mol. The number of nitrogens with one attached hydrogen (secondary N) is 1. The summed E-state index contributed by atoms with van der Waals surface area (Å²) in [4.78, 5) is 37.6. The van der Waals surface area contributed by atoms with Gasteiger partial charge in [0.2, 0.25) is 0 Å². The fourth-order valence-electron chi connectivity index (χ4n) is 4.17. The summed E-state index contributed by atoms with van der Waals surface area (Å²) in [7, 11) is 0. The molecule has 180 valence electrons. The third kappa shape index (κ3) is 7.07. The van der Waals surface area contributed by atoms with Gasteiger partial charge in [-0.3, -0.25) is 14.6 Å². The van der Waals surface area contributed by atoms with Crippen LogP contribution < -0.4 is 5.32 Å². The lowest BCUT2D eigenvalue weighted by atomic mass is 9.93. The van der Waals surface area contributed by atoms with E-state index >= 15 is 0 Å². The van der Waals surface area contributed by atoms with Crippen LogP contribution in [0.5, 0.6) is 0 Å². The zero-order chi connectivity index (χ0) is 24.3. The topological polar surface area (TPSA) is 105 Å². The number of carboxylic acid groups (broad SMARTS) is 1. The van der Waals surface area contributed by atoms with Crippen LogP contribution in [0.1, 0.15) is 75.2 Å². The van der Waals surface area contributed by atoms with Gasteiger partial charge in [-0.25, -0.2) is 9.97 Å². The molecule has 2 N–H and O–H groups in total. The molecule has 1 aliphatic rings. The highest BCUT2D eigenvalue weighted by molar-refractivity contribution is 5.80. The molecule has 0 bridgehead atoms. The minimum Gasteiger partial charge on any atom is -0.481 e. The number of nitrogens with zero attached hydrogens (tertiary/aromatic N) is 3. The Labute approximate surface area is 201 Å². The average molecular weight is 463 g/mol. The van der Waals surface area contributed by atoms with Gasteiger partial charge in [0.15, 0.2) is 0 Å². The van der Waals surface area contributed by atoms with E-state index < -0.39 is 11.9 Å². The van der Waals surface area contributed by atoms with Gasteiger partial charge in [-0.2, -0.15) is 0 Å². The second-order valence-electron chi connectivity index (χ2n) is 8.37. The number of hydrogen-bond donors (Lipinski definition) is 2. The van der Waals surface area contributed by atoms with Crippen molar-refractivity contribution in [2.45, 2.75) is 71.1 Å². The third-order valence-corrected chi connectivity index (χ3v) is 5.87. The van der Waals surface area contributed by atoms with Gasteiger partial charge in [0.05, 0.1) is 23.1 Å². The number of benzene rings is 1. The number of ketones is 1. The minimum absolute atomic E-state index is 0.0614. The van der Waals surface area contributed by atoms with Crippen molar-refractivity contribution >= 4 is 28.6 Å². The number of aliphatic carboxylic acids is 1. The van der Waals surface area contributed by atoms with Crippen LogP contribution in [0, 0.1) is 0 Å². The van der Waals surface area contributed by atoms with E-state index in [4.69, 9.17) is 4.98 Å². The molecule has 7 heteroatoms. The van der Waals surface area contributed by atoms with Crippen molar-refractivity contribution in [3.63, 3.8) is 0 Å². The van der Waals surface area contributed by atoms with Crippen molar-refractivity contribution in [3.8, 4) is 0 Å². The van der Waals surface area contributed by atoms with E-state index in [9.17, 15) is 14.7 Å². The Morgan fingerprint density at radius 1 is 1.03 bits per heavy atom. The first-order valence-corrected chi connectivity index (χ1v) is 12.3. The SMILES string of the molecule is CC.O=C(O)CC(CC(=O)CCCCc1ccc2c(n1)NCCC2)c1cnc2ccccc2n1. The Hall–Kier alpha value is -3.35. The van der Waals surface area contributed by atoms with E-state index in [0.29, 0.717) is 17.6 Å². The van der Waals surface area contributed by atoms with Crippen molar-refractivity contribution < 1.29 is 14.7 Å². The molecule has 0 saturated carbocycles. The number of aryl methyl sites for hydroxylation is 2. The van der Waals surface area contributed by atoms with Gasteiger partial charge in [0.1, 0.15) is 11.6 Å². The number of unbranched alkanes of at least 4 members (excludes halogenated alkanes) is 1. The Morgan fingerprint density at radius 2 is 1.82 bits per heavy atom. The Balaban J connectivity index is 0.00000158. The number of rotatable bonds is 10. The molecule has 1 atom stereocenters. The molecule has 3 aromatic rings. The minimum atomic E-state index is -0.940. The molecule has 0 fully saturated rings. The number of Topliss-reactive ketones (excluding diaryl/α,β-unsaturated/α-hetero) is 1. The van der Waals surface area contributed by atoms with Gasteiger partial charge >= 0.3 is 5.97 Å². The van der Waals surface area contributed by atoms with Gasteiger partial charge in [-0.05, 0) is 55.9 Å². The van der Waals surface area contributed by atoms with Crippen molar-refractivity contribution in [1.29, 1.82) is 0 Å². The van der Waals surface area contributed by atoms with E-state index in [1.54, 1.807) is 6.20 Å². The molecule has 0 radical (unpaired) electrons. The predicted molar refractivity (Wildman–Crippen MR) is 134 cm³/mol. The van der Waals surface area contributed by atoms with Gasteiger partial charge in [0.25, 0.3) is 0 Å². The summed E-state index contributed by atoms with van der Waals surface area (Å²) >= 11 is 0. The van der Waals surface area contributed by atoms with Gasteiger partial charge < -0.3 is 10.4 Å². The summed E-state index contributed by atoms with van der Waals surface area (Å²) in [5.41, 5.74) is 4.34. The first-order chi connectivity index (χ1) is 16.6. The number of anilines is 1. The van der Waals surface area contributed by atoms with E-state index in [-0.39, 0.29) is 18.6 Å². The van der Waals surface area contributed by atoms with Crippen molar-refractivity contribution in [3.05, 3.63) is 59.5 Å². The zero-order valence-corrected chi connectivity index (χ0v) is 20.1. The zero-order valence-electron chi connectivity index (χ0n) is 20.1. The van der Waals surface area contributed by atoms with E-state index in [1.807, 2.05) is 38.1 Å². The Bertz CT molecular complexity index is 1120. The summed E-state index contributed by atoms with van der Waals surface area (Å²) in [6.07, 6.45) is 6.74. The summed E-state index contributed by atoms with van der Waals surface area (Å²) in [6.45, 7) is 4.97. The smallest absolute Gasteiger partial charge is 0.304 e. The number of carbonyl (C=O) groups excluding carboxylic acids is 1. The standard InChI is InChI=1S/C25H28N4O3.C2H6/c30-20(8-2-1-7-19-12-11-17-6-5-13-26-25(17)28-19)14-18(15-24(31)32)23-16-27-21-9-3-4-10-22(21)29-23;1-2/h3-4,9-12,16,18H,1-2,5-8,13-15H2,(H,26,28)(H,31,32);1-2H3. The highest BCUT2D eigenvalue weighted by atomic mass is 16.4. The van der Waals surface area contributed by atoms with Crippen molar-refractivity contribution in [2.24, 2.45) is 0 Å². The number of carbonyl (C=O) groups is 2. The molecule has 3 heterocycles. The highest BCUT2D eigenvalue weighted by Crippen LogP contribution is 2.25. The lowest BCUT2D eigenvalue weighted by Gasteiger charge is -2.17. The summed E-state index contributed by atoms with van der Waals surface area (Å²) in [6, 6.07) is 11.7. The highest BCUT2D eigenvalue weighted by Gasteiger charge is 2.21. The van der Waals surface area contributed by atoms with Crippen LogP contribution in [0.2, 0.25) is 0 Å². The summed E-state index contributed by atoms with van der Waals surface area (Å²) in [5, 5.41) is 12.7. The summed E-state index contributed by atoms with van der Waals surface area (Å²) in [5.74, 6) is -0.348. The van der Waals surface area contributed by atoms with Gasteiger partial charge in [-0.15, -0.1) is 0 Å². The van der Waals surface area contributed by atoms with Gasteiger partial charge in [0, 0.05) is 37.2 Å². The van der Waals surface area contributed by atoms with Crippen LogP contribution >= 0.6 is 0 Å². The largest absolute Gasteiger partial charge is 0.481 e. The molecular formula is C27H34N4O3. The predicted octanol–water partition coefficient (Wildman–Crippen LogP) is 5.34. The first kappa shape index (κ1) is 25.3. The van der Waals surface area contributed by atoms with Crippen LogP contribution in [0.15, 0.2) is 42.6 Å². The molecule has 0 amide bonds. The Morgan fingerprint density at radius 3 is 2.62 bits per heavy atom. The molecule has 0 aliphatic carbocycles. The molecule has 1 aliphatic heterocycles.